The molecule has 4 aromatic rings. The van der Waals surface area contributed by atoms with Crippen molar-refractivity contribution >= 4 is 34.6 Å². The molecule has 2 N–H and O–H groups in total. The lowest BCUT2D eigenvalue weighted by Gasteiger charge is -2.11. The molecule has 3 aromatic carbocycles. The number of nitrogens with one attached hydrogen (secondary N) is 2. The van der Waals surface area contributed by atoms with E-state index < -0.39 is 0 Å². The highest BCUT2D eigenvalue weighted by Gasteiger charge is 2.05. The molecule has 4 rings (SSSR count). The lowest BCUT2D eigenvalue weighted by Crippen LogP contribution is -1.98. The predicted octanol–water partition coefficient (Wildman–Crippen LogP) is 5.92. The zero-order valence-corrected chi connectivity index (χ0v) is 15.7. The smallest absolute Gasteiger partial charge is 0.199 e. The van der Waals surface area contributed by atoms with Crippen LogP contribution in [0.15, 0.2) is 72.8 Å². The fourth-order valence-electron chi connectivity index (χ4n) is 2.88. The molecule has 5 heteroatoms. The van der Waals surface area contributed by atoms with Gasteiger partial charge in [0.2, 0.25) is 0 Å². The zero-order chi connectivity index (χ0) is 18.6. The molecule has 0 saturated heterocycles. The van der Waals surface area contributed by atoms with Crippen molar-refractivity contribution < 1.29 is 4.74 Å². The first-order valence-electron chi connectivity index (χ1n) is 8.72. The first kappa shape index (κ1) is 17.2. The summed E-state index contributed by atoms with van der Waals surface area (Å²) >= 11 is 5.25. The molecule has 0 atom stereocenters. The van der Waals surface area contributed by atoms with E-state index in [0.29, 0.717) is 11.4 Å². The molecular weight excluding hydrogens is 354 g/mol. The van der Waals surface area contributed by atoms with Gasteiger partial charge in [-0.15, -0.1) is 0 Å². The van der Waals surface area contributed by atoms with Crippen LogP contribution in [0.3, 0.4) is 0 Å². The van der Waals surface area contributed by atoms with Crippen molar-refractivity contribution in [3.63, 3.8) is 0 Å². The van der Waals surface area contributed by atoms with Crippen LogP contribution in [0.4, 0.5) is 11.5 Å². The van der Waals surface area contributed by atoms with Crippen molar-refractivity contribution in [2.24, 2.45) is 0 Å². The van der Waals surface area contributed by atoms with Gasteiger partial charge in [-0.3, -0.25) is 0 Å². The summed E-state index contributed by atoms with van der Waals surface area (Å²) in [5.41, 5.74) is 4.20. The molecule has 0 radical (unpaired) electrons. The molecule has 0 aliphatic carbocycles. The number of aromatic nitrogens is 2. The van der Waals surface area contributed by atoms with E-state index in [0.717, 1.165) is 33.7 Å². The van der Waals surface area contributed by atoms with E-state index in [1.165, 1.54) is 5.56 Å². The first-order valence-corrected chi connectivity index (χ1v) is 9.13. The van der Waals surface area contributed by atoms with Crippen LogP contribution in [-0.2, 0) is 6.61 Å². The number of nitrogens with zero attached hydrogens (tertiary/aromatic N) is 1. The van der Waals surface area contributed by atoms with Crippen molar-refractivity contribution in [3.05, 3.63) is 88.7 Å². The topological polar surface area (TPSA) is 49.9 Å². The van der Waals surface area contributed by atoms with Crippen LogP contribution in [0, 0.1) is 11.7 Å². The number of H-pyrrole nitrogens is 1. The Kier molecular flexibility index (Phi) is 4.85. The summed E-state index contributed by atoms with van der Waals surface area (Å²) in [6.45, 7) is 2.61. The van der Waals surface area contributed by atoms with Gasteiger partial charge in [0.25, 0.3) is 0 Å². The van der Waals surface area contributed by atoms with E-state index in [1.807, 2.05) is 60.7 Å². The average molecular weight is 373 g/mol. The molecule has 27 heavy (non-hydrogen) atoms. The molecule has 0 aliphatic rings. The normalized spacial score (nSPS) is 10.7. The molecule has 1 aromatic heterocycles. The minimum absolute atomic E-state index is 0.455. The third kappa shape index (κ3) is 4.15. The molecule has 0 unspecified atom stereocenters. The quantitative estimate of drug-likeness (QED) is 0.426. The van der Waals surface area contributed by atoms with E-state index >= 15 is 0 Å². The van der Waals surface area contributed by atoms with Crippen LogP contribution in [0.25, 0.3) is 10.9 Å². The van der Waals surface area contributed by atoms with Gasteiger partial charge >= 0.3 is 0 Å². The van der Waals surface area contributed by atoms with E-state index in [4.69, 9.17) is 17.0 Å². The Balaban J connectivity index is 1.53. The van der Waals surface area contributed by atoms with Gasteiger partial charge in [0.1, 0.15) is 18.2 Å². The average Bonchev–Trinajstić information content (AvgIpc) is 2.69. The molecule has 0 spiro atoms. The highest BCUT2D eigenvalue weighted by atomic mass is 32.1. The Morgan fingerprint density at radius 2 is 1.78 bits per heavy atom. The standard InChI is InChI=1S/C22H19N3OS/c1-15-7-12-20-19(13-15)21(25-22(27)24-20)23-17-8-10-18(11-9-17)26-14-16-5-3-2-4-6-16/h2-13H,14H2,1H3,(H2,23,24,25,27). The zero-order valence-electron chi connectivity index (χ0n) is 14.9. The Bertz CT molecular complexity index is 1120. The van der Waals surface area contributed by atoms with Crippen molar-refractivity contribution in [1.82, 2.24) is 9.97 Å². The molecule has 0 amide bonds. The van der Waals surface area contributed by atoms with Gasteiger partial charge in [-0.05, 0) is 61.1 Å². The van der Waals surface area contributed by atoms with Crippen LogP contribution in [0.5, 0.6) is 5.75 Å². The lowest BCUT2D eigenvalue weighted by atomic mass is 10.1. The molecule has 0 bridgehead atoms. The maximum Gasteiger partial charge on any atom is 0.199 e. The number of ether oxygens (including phenoxy) is 1. The first-order chi connectivity index (χ1) is 13.2. The number of benzene rings is 3. The number of fused-ring (bicyclic) bond motifs is 1. The van der Waals surface area contributed by atoms with Crippen molar-refractivity contribution in [3.8, 4) is 5.75 Å². The number of aryl methyl sites for hydroxylation is 1. The van der Waals surface area contributed by atoms with Crippen LogP contribution in [0.1, 0.15) is 11.1 Å². The van der Waals surface area contributed by atoms with E-state index in [1.54, 1.807) is 0 Å². The maximum atomic E-state index is 5.84. The fraction of sp³-hybridized carbons (Fsp3) is 0.0909. The highest BCUT2D eigenvalue weighted by Crippen LogP contribution is 2.25. The summed E-state index contributed by atoms with van der Waals surface area (Å²) in [7, 11) is 0. The number of rotatable bonds is 5. The summed E-state index contributed by atoms with van der Waals surface area (Å²) < 4.78 is 6.29. The van der Waals surface area contributed by atoms with Crippen LogP contribution >= 0.6 is 12.2 Å². The second-order valence-corrected chi connectivity index (χ2v) is 6.75. The van der Waals surface area contributed by atoms with E-state index in [-0.39, 0.29) is 0 Å². The van der Waals surface area contributed by atoms with Gasteiger partial charge in [0.15, 0.2) is 4.77 Å². The van der Waals surface area contributed by atoms with Crippen molar-refractivity contribution in [2.45, 2.75) is 13.5 Å². The Labute approximate surface area is 162 Å². The summed E-state index contributed by atoms with van der Waals surface area (Å²) in [6.07, 6.45) is 0. The lowest BCUT2D eigenvalue weighted by molar-refractivity contribution is 0.306. The third-order valence-electron chi connectivity index (χ3n) is 4.25. The minimum atomic E-state index is 0.455. The minimum Gasteiger partial charge on any atom is -0.489 e. The second-order valence-electron chi connectivity index (χ2n) is 6.36. The Morgan fingerprint density at radius 3 is 2.56 bits per heavy atom. The van der Waals surface area contributed by atoms with Crippen molar-refractivity contribution in [1.29, 1.82) is 0 Å². The molecule has 1 heterocycles. The summed E-state index contributed by atoms with van der Waals surface area (Å²) in [4.78, 5) is 7.58. The molecule has 0 fully saturated rings. The van der Waals surface area contributed by atoms with Gasteiger partial charge < -0.3 is 15.0 Å². The highest BCUT2D eigenvalue weighted by molar-refractivity contribution is 7.71. The van der Waals surface area contributed by atoms with Crippen molar-refractivity contribution in [2.75, 3.05) is 5.32 Å². The molecule has 0 saturated carbocycles. The van der Waals surface area contributed by atoms with Crippen LogP contribution in [0.2, 0.25) is 0 Å². The Morgan fingerprint density at radius 1 is 1.00 bits per heavy atom. The fourth-order valence-corrected chi connectivity index (χ4v) is 3.08. The number of aromatic amines is 1. The SMILES string of the molecule is Cc1ccc2[nH]c(=S)nc(Nc3ccc(OCc4ccccc4)cc3)c2c1. The second kappa shape index (κ2) is 7.60. The largest absolute Gasteiger partial charge is 0.489 e. The van der Waals surface area contributed by atoms with Gasteiger partial charge in [-0.25, -0.2) is 4.98 Å². The molecule has 0 aliphatic heterocycles. The summed E-state index contributed by atoms with van der Waals surface area (Å²) in [5, 5.41) is 4.37. The number of anilines is 2. The Hall–Kier alpha value is -3.18. The molecular formula is C22H19N3OS. The van der Waals surface area contributed by atoms with Gasteiger partial charge in [0.05, 0.1) is 5.52 Å². The predicted molar refractivity (Wildman–Crippen MR) is 112 cm³/mol. The molecule has 4 nitrogen and oxygen atoms in total. The maximum absolute atomic E-state index is 5.84. The van der Waals surface area contributed by atoms with Gasteiger partial charge in [-0.1, -0.05) is 42.0 Å². The molecule has 134 valence electrons. The van der Waals surface area contributed by atoms with E-state index in [2.05, 4.69) is 34.3 Å². The number of hydrogen-bond acceptors (Lipinski definition) is 4. The van der Waals surface area contributed by atoms with Gasteiger partial charge in [0, 0.05) is 11.1 Å². The van der Waals surface area contributed by atoms with Crippen LogP contribution < -0.4 is 10.1 Å². The van der Waals surface area contributed by atoms with Gasteiger partial charge in [-0.2, -0.15) is 0 Å². The summed E-state index contributed by atoms with van der Waals surface area (Å²) in [5.74, 6) is 1.57. The summed E-state index contributed by atoms with van der Waals surface area (Å²) in [6, 6.07) is 24.1. The van der Waals surface area contributed by atoms with E-state index in [9.17, 15) is 0 Å². The third-order valence-corrected chi connectivity index (χ3v) is 4.44. The monoisotopic (exact) mass is 373 g/mol. The van der Waals surface area contributed by atoms with Crippen LogP contribution in [-0.4, -0.2) is 9.97 Å². The number of hydrogen-bond donors (Lipinski definition) is 2.